The van der Waals surface area contributed by atoms with E-state index in [1.807, 2.05) is 0 Å². The highest BCUT2D eigenvalue weighted by Gasteiger charge is 2.55. The first-order valence-electron chi connectivity index (χ1n) is 4.88. The lowest BCUT2D eigenvalue weighted by Crippen LogP contribution is -2.50. The summed E-state index contributed by atoms with van der Waals surface area (Å²) in [6.45, 7) is 7.33. The highest BCUT2D eigenvalue weighted by Crippen LogP contribution is 2.25. The molecule has 1 heterocycles. The number of hydrogen-bond acceptors (Lipinski definition) is 5. The van der Waals surface area contributed by atoms with Crippen LogP contribution in [0.15, 0.2) is 0 Å². The Hall–Kier alpha value is -0.690. The van der Waals surface area contributed by atoms with Crippen molar-refractivity contribution in [3.8, 4) is 0 Å². The standard InChI is InChI=1S/C9H18N2O4/c1-5-15-6-9(13,14)7(12)11(10-6)8(2,3)4/h6,10,13-14H,5H2,1-4H3. The molecule has 1 aliphatic heterocycles. The number of hydrogen-bond donors (Lipinski definition) is 3. The Bertz CT molecular complexity index is 259. The van der Waals surface area contributed by atoms with Crippen LogP contribution < -0.4 is 5.43 Å². The molecule has 0 aromatic rings. The van der Waals surface area contributed by atoms with Gasteiger partial charge in [0.2, 0.25) is 0 Å². The molecule has 0 aromatic carbocycles. The van der Waals surface area contributed by atoms with E-state index in [0.717, 1.165) is 0 Å². The fourth-order valence-corrected chi connectivity index (χ4v) is 1.36. The van der Waals surface area contributed by atoms with E-state index >= 15 is 0 Å². The molecule has 0 spiro atoms. The molecular formula is C9H18N2O4. The van der Waals surface area contributed by atoms with Crippen molar-refractivity contribution in [2.24, 2.45) is 0 Å². The first-order chi connectivity index (χ1) is 6.71. The van der Waals surface area contributed by atoms with Crippen molar-refractivity contribution in [2.45, 2.75) is 45.2 Å². The molecule has 6 heteroatoms. The summed E-state index contributed by atoms with van der Waals surface area (Å²) in [5.41, 5.74) is 2.09. The molecule has 15 heavy (non-hydrogen) atoms. The predicted octanol–water partition coefficient (Wildman–Crippen LogP) is -0.825. The van der Waals surface area contributed by atoms with Crippen LogP contribution in [0.25, 0.3) is 0 Å². The normalized spacial score (nSPS) is 26.1. The van der Waals surface area contributed by atoms with Gasteiger partial charge in [-0.25, -0.2) is 0 Å². The Labute approximate surface area is 88.8 Å². The van der Waals surface area contributed by atoms with Gasteiger partial charge in [-0.1, -0.05) is 0 Å². The van der Waals surface area contributed by atoms with Crippen molar-refractivity contribution in [3.05, 3.63) is 0 Å². The molecule has 1 amide bonds. The Morgan fingerprint density at radius 1 is 1.53 bits per heavy atom. The minimum absolute atomic E-state index is 0.284. The lowest BCUT2D eigenvalue weighted by Gasteiger charge is -2.31. The van der Waals surface area contributed by atoms with Crippen LogP contribution in [0, 0.1) is 0 Å². The molecule has 1 rings (SSSR count). The second-order valence-corrected chi connectivity index (χ2v) is 4.50. The van der Waals surface area contributed by atoms with Gasteiger partial charge in [-0.05, 0) is 27.7 Å². The van der Waals surface area contributed by atoms with Gasteiger partial charge in [-0.3, -0.25) is 9.80 Å². The van der Waals surface area contributed by atoms with Crippen LogP contribution >= 0.6 is 0 Å². The maximum atomic E-state index is 11.6. The molecule has 0 radical (unpaired) electrons. The number of carbonyl (C=O) groups is 1. The second-order valence-electron chi connectivity index (χ2n) is 4.50. The minimum Gasteiger partial charge on any atom is -0.356 e. The van der Waals surface area contributed by atoms with Crippen LogP contribution in [0.5, 0.6) is 0 Å². The van der Waals surface area contributed by atoms with E-state index in [1.54, 1.807) is 27.7 Å². The lowest BCUT2D eigenvalue weighted by molar-refractivity contribution is -0.219. The molecule has 3 N–H and O–H groups in total. The second kappa shape index (κ2) is 3.71. The van der Waals surface area contributed by atoms with Gasteiger partial charge in [-0.15, -0.1) is 0 Å². The smallest absolute Gasteiger partial charge is 0.301 e. The number of ether oxygens (including phenoxy) is 1. The molecular weight excluding hydrogens is 200 g/mol. The average molecular weight is 218 g/mol. The van der Waals surface area contributed by atoms with Gasteiger partial charge in [0.25, 0.3) is 5.79 Å². The van der Waals surface area contributed by atoms with Gasteiger partial charge in [0, 0.05) is 6.61 Å². The van der Waals surface area contributed by atoms with Crippen LogP contribution in [0.4, 0.5) is 0 Å². The number of nitrogens with one attached hydrogen (secondary N) is 1. The molecule has 1 fully saturated rings. The van der Waals surface area contributed by atoms with Gasteiger partial charge in [0.1, 0.15) is 0 Å². The molecule has 0 aliphatic carbocycles. The van der Waals surface area contributed by atoms with E-state index in [-0.39, 0.29) is 6.61 Å². The molecule has 0 saturated carbocycles. The number of rotatable bonds is 2. The maximum absolute atomic E-state index is 11.6. The fraction of sp³-hybridized carbons (Fsp3) is 0.889. The van der Waals surface area contributed by atoms with Crippen molar-refractivity contribution < 1.29 is 19.7 Å². The zero-order chi connectivity index (χ0) is 11.9. The molecule has 88 valence electrons. The number of hydrazine groups is 1. The predicted molar refractivity (Wildman–Crippen MR) is 52.3 cm³/mol. The van der Waals surface area contributed by atoms with Gasteiger partial charge >= 0.3 is 5.91 Å². The summed E-state index contributed by atoms with van der Waals surface area (Å²) in [5.74, 6) is -3.29. The summed E-state index contributed by atoms with van der Waals surface area (Å²) in [5, 5.41) is 20.3. The van der Waals surface area contributed by atoms with Gasteiger partial charge < -0.3 is 14.9 Å². The molecule has 1 aliphatic rings. The molecule has 0 bridgehead atoms. The van der Waals surface area contributed by atoms with E-state index < -0.39 is 23.5 Å². The van der Waals surface area contributed by atoms with Crippen molar-refractivity contribution in [2.75, 3.05) is 6.61 Å². The fourth-order valence-electron chi connectivity index (χ4n) is 1.36. The molecule has 1 atom stereocenters. The number of amides is 1. The summed E-state index contributed by atoms with van der Waals surface area (Å²) >= 11 is 0. The van der Waals surface area contributed by atoms with E-state index in [4.69, 9.17) is 4.74 Å². The summed E-state index contributed by atoms with van der Waals surface area (Å²) in [6.07, 6.45) is -1.12. The third-order valence-electron chi connectivity index (χ3n) is 2.13. The van der Waals surface area contributed by atoms with E-state index in [9.17, 15) is 15.0 Å². The monoisotopic (exact) mass is 218 g/mol. The summed E-state index contributed by atoms with van der Waals surface area (Å²) in [6, 6.07) is 0. The third kappa shape index (κ3) is 2.12. The average Bonchev–Trinajstić information content (AvgIpc) is 2.28. The Morgan fingerprint density at radius 2 is 2.07 bits per heavy atom. The van der Waals surface area contributed by atoms with Crippen LogP contribution in [0.3, 0.4) is 0 Å². The molecule has 1 unspecified atom stereocenters. The van der Waals surface area contributed by atoms with Crippen LogP contribution in [-0.4, -0.2) is 45.3 Å². The molecule has 6 nitrogen and oxygen atoms in total. The number of nitrogens with zero attached hydrogens (tertiary/aromatic N) is 1. The van der Waals surface area contributed by atoms with Crippen molar-refractivity contribution in [1.29, 1.82) is 0 Å². The van der Waals surface area contributed by atoms with Crippen LogP contribution in [0.1, 0.15) is 27.7 Å². The van der Waals surface area contributed by atoms with E-state index in [2.05, 4.69) is 5.43 Å². The van der Waals surface area contributed by atoms with Crippen molar-refractivity contribution >= 4 is 5.91 Å². The van der Waals surface area contributed by atoms with E-state index in [1.165, 1.54) is 5.01 Å². The number of carbonyl (C=O) groups excluding carboxylic acids is 1. The Kier molecular flexibility index (Phi) is 3.06. The van der Waals surface area contributed by atoms with Crippen molar-refractivity contribution in [1.82, 2.24) is 10.4 Å². The first-order valence-corrected chi connectivity index (χ1v) is 4.88. The SMILES string of the molecule is CCOC1NN(C(C)(C)C)C(=O)C1(O)O. The first kappa shape index (κ1) is 12.4. The maximum Gasteiger partial charge on any atom is 0.301 e. The van der Waals surface area contributed by atoms with Crippen molar-refractivity contribution in [3.63, 3.8) is 0 Å². The Balaban J connectivity index is 2.89. The Morgan fingerprint density at radius 3 is 2.40 bits per heavy atom. The van der Waals surface area contributed by atoms with Gasteiger partial charge in [0.05, 0.1) is 5.54 Å². The summed E-state index contributed by atoms with van der Waals surface area (Å²) in [4.78, 5) is 11.6. The lowest BCUT2D eigenvalue weighted by atomic mass is 10.1. The summed E-state index contributed by atoms with van der Waals surface area (Å²) < 4.78 is 5.04. The van der Waals surface area contributed by atoms with Gasteiger partial charge in [0.15, 0.2) is 6.23 Å². The molecule has 0 aromatic heterocycles. The topological polar surface area (TPSA) is 82.0 Å². The van der Waals surface area contributed by atoms with Crippen LogP contribution in [-0.2, 0) is 9.53 Å². The molecule has 1 saturated heterocycles. The zero-order valence-corrected chi connectivity index (χ0v) is 9.44. The third-order valence-corrected chi connectivity index (χ3v) is 2.13. The van der Waals surface area contributed by atoms with Crippen LogP contribution in [0.2, 0.25) is 0 Å². The van der Waals surface area contributed by atoms with Gasteiger partial charge in [-0.2, -0.15) is 5.43 Å². The highest BCUT2D eigenvalue weighted by atomic mass is 16.6. The minimum atomic E-state index is -2.50. The highest BCUT2D eigenvalue weighted by molar-refractivity contribution is 5.86. The summed E-state index contributed by atoms with van der Waals surface area (Å²) in [7, 11) is 0. The van der Waals surface area contributed by atoms with E-state index in [0.29, 0.717) is 0 Å². The number of aliphatic hydroxyl groups is 2. The largest absolute Gasteiger partial charge is 0.356 e. The zero-order valence-electron chi connectivity index (χ0n) is 9.44. The quantitative estimate of drug-likeness (QED) is 0.527.